The lowest BCUT2D eigenvalue weighted by molar-refractivity contribution is 0.135. The van der Waals surface area contributed by atoms with E-state index < -0.39 is 8.32 Å². The first-order valence-corrected chi connectivity index (χ1v) is 8.84. The van der Waals surface area contributed by atoms with Crippen LogP contribution in [0.25, 0.3) is 0 Å². The first-order valence-electron chi connectivity index (χ1n) is 5.43. The molecule has 94 valence electrons. The van der Waals surface area contributed by atoms with Crippen LogP contribution >= 0.6 is 0 Å². The molecule has 0 heterocycles. The second kappa shape index (κ2) is 5.99. The molecule has 0 spiro atoms. The van der Waals surface area contributed by atoms with Crippen molar-refractivity contribution in [1.29, 1.82) is 0 Å². The summed E-state index contributed by atoms with van der Waals surface area (Å²) < 4.78 is 16.4. The van der Waals surface area contributed by atoms with Crippen LogP contribution in [0.1, 0.15) is 13.8 Å². The quantitative estimate of drug-likeness (QED) is 0.406. The third kappa shape index (κ3) is 4.75. The maximum Gasteiger partial charge on any atom is 0.272 e. The van der Waals surface area contributed by atoms with E-state index in [1.165, 1.54) is 0 Å². The van der Waals surface area contributed by atoms with Crippen LogP contribution in [0.15, 0.2) is 23.9 Å². The number of rotatable bonds is 6. The first-order chi connectivity index (χ1) is 7.22. The zero-order valence-electron chi connectivity index (χ0n) is 11.5. The molecule has 0 atom stereocenters. The Morgan fingerprint density at radius 3 is 1.81 bits per heavy atom. The Labute approximate surface area is 100 Å². The Hall–Kier alpha value is -0.903. The summed E-state index contributed by atoms with van der Waals surface area (Å²) >= 11 is 0. The molecule has 0 fully saturated rings. The zero-order valence-corrected chi connectivity index (χ0v) is 12.5. The average Bonchev–Trinajstić information content (AvgIpc) is 2.13. The molecule has 0 amide bonds. The highest BCUT2D eigenvalue weighted by molar-refractivity contribution is 6.70. The lowest BCUT2D eigenvalue weighted by Crippen LogP contribution is -2.27. The summed E-state index contributed by atoms with van der Waals surface area (Å²) in [5.74, 6) is 1.39. The second-order valence-corrected chi connectivity index (χ2v) is 9.33. The molecular formula is C12H24O3Si. The fourth-order valence-corrected chi connectivity index (χ4v) is 2.02. The van der Waals surface area contributed by atoms with Crippen LogP contribution < -0.4 is 0 Å². The van der Waals surface area contributed by atoms with Gasteiger partial charge in [-0.3, -0.25) is 0 Å². The van der Waals surface area contributed by atoms with Crippen LogP contribution in [-0.4, -0.2) is 22.5 Å². The van der Waals surface area contributed by atoms with E-state index in [0.29, 0.717) is 11.7 Å². The molecule has 0 rings (SSSR count). The molecule has 3 nitrogen and oxygen atoms in total. The number of methoxy groups -OCH3 is 2. The van der Waals surface area contributed by atoms with Gasteiger partial charge in [-0.15, -0.1) is 0 Å². The minimum atomic E-state index is -1.69. The Kier molecular flexibility index (Phi) is 5.65. The molecule has 0 saturated carbocycles. The third-order valence-corrected chi connectivity index (χ3v) is 2.73. The monoisotopic (exact) mass is 244 g/mol. The number of ether oxygens (including phenoxy) is 2. The fourth-order valence-electron chi connectivity index (χ4n) is 1.27. The summed E-state index contributed by atoms with van der Waals surface area (Å²) in [6, 6.07) is 0. The number of hydrogen-bond acceptors (Lipinski definition) is 3. The van der Waals surface area contributed by atoms with E-state index in [9.17, 15) is 0 Å². The molecule has 0 aromatic heterocycles. The average molecular weight is 244 g/mol. The smallest absolute Gasteiger partial charge is 0.272 e. The summed E-state index contributed by atoms with van der Waals surface area (Å²) in [7, 11) is 1.53. The van der Waals surface area contributed by atoms with Crippen molar-refractivity contribution in [1.82, 2.24) is 0 Å². The van der Waals surface area contributed by atoms with Crippen LogP contribution in [0.3, 0.4) is 0 Å². The van der Waals surface area contributed by atoms with Gasteiger partial charge >= 0.3 is 0 Å². The molecule has 0 bridgehead atoms. The van der Waals surface area contributed by atoms with Gasteiger partial charge in [-0.25, -0.2) is 0 Å². The Morgan fingerprint density at radius 1 is 1.06 bits per heavy atom. The molecular weight excluding hydrogens is 220 g/mol. The second-order valence-electron chi connectivity index (χ2n) is 4.90. The van der Waals surface area contributed by atoms with Crippen LogP contribution in [0, 0.1) is 5.92 Å². The Bertz CT molecular complexity index is 274. The normalized spacial score (nSPS) is 13.2. The number of allylic oxidation sites excluding steroid dienone is 1. The highest BCUT2D eigenvalue weighted by atomic mass is 28.4. The maximum absolute atomic E-state index is 5.89. The SMILES string of the molecule is C=C(OC)C(=C(OC)O[Si](C)(C)C)C(C)C. The lowest BCUT2D eigenvalue weighted by atomic mass is 10.0. The van der Waals surface area contributed by atoms with Gasteiger partial charge in [0.1, 0.15) is 5.76 Å². The van der Waals surface area contributed by atoms with E-state index in [0.717, 1.165) is 5.57 Å². The molecule has 16 heavy (non-hydrogen) atoms. The van der Waals surface area contributed by atoms with Crippen molar-refractivity contribution >= 4 is 8.32 Å². The van der Waals surface area contributed by atoms with E-state index in [1.807, 2.05) is 0 Å². The van der Waals surface area contributed by atoms with Crippen molar-refractivity contribution in [3.8, 4) is 0 Å². The van der Waals surface area contributed by atoms with Gasteiger partial charge in [-0.2, -0.15) is 0 Å². The van der Waals surface area contributed by atoms with Gasteiger partial charge in [-0.1, -0.05) is 20.4 Å². The highest BCUT2D eigenvalue weighted by Gasteiger charge is 2.24. The van der Waals surface area contributed by atoms with Gasteiger partial charge < -0.3 is 13.9 Å². The van der Waals surface area contributed by atoms with Gasteiger partial charge in [0.25, 0.3) is 5.95 Å². The Balaban J connectivity index is 5.25. The van der Waals surface area contributed by atoms with Crippen molar-refractivity contribution in [3.05, 3.63) is 23.9 Å². The molecule has 0 aliphatic rings. The highest BCUT2D eigenvalue weighted by Crippen LogP contribution is 2.26. The summed E-state index contributed by atoms with van der Waals surface area (Å²) in [5.41, 5.74) is 0.896. The van der Waals surface area contributed by atoms with Crippen molar-refractivity contribution < 1.29 is 13.9 Å². The maximum atomic E-state index is 5.89. The largest absolute Gasteiger partial charge is 0.519 e. The summed E-state index contributed by atoms with van der Waals surface area (Å²) in [6.07, 6.45) is 0. The van der Waals surface area contributed by atoms with Crippen LogP contribution in [0.2, 0.25) is 19.6 Å². The zero-order chi connectivity index (χ0) is 12.9. The standard InChI is InChI=1S/C12H24O3Si/c1-9(2)11(10(3)13-4)12(14-5)15-16(6,7)8/h9H,3H2,1-2,4-8H3. The number of hydrogen-bond donors (Lipinski definition) is 0. The van der Waals surface area contributed by atoms with Crippen LogP contribution in [0.5, 0.6) is 0 Å². The summed E-state index contributed by atoms with van der Waals surface area (Å²) in [5, 5.41) is 0. The van der Waals surface area contributed by atoms with E-state index >= 15 is 0 Å². The van der Waals surface area contributed by atoms with Crippen molar-refractivity contribution in [2.45, 2.75) is 33.5 Å². The lowest BCUT2D eigenvalue weighted by Gasteiger charge is -2.24. The molecule has 0 aliphatic carbocycles. The van der Waals surface area contributed by atoms with Gasteiger partial charge in [0, 0.05) is 0 Å². The Morgan fingerprint density at radius 2 is 1.56 bits per heavy atom. The summed E-state index contributed by atoms with van der Waals surface area (Å²) in [6.45, 7) is 14.3. The minimum absolute atomic E-state index is 0.249. The van der Waals surface area contributed by atoms with E-state index in [4.69, 9.17) is 13.9 Å². The topological polar surface area (TPSA) is 27.7 Å². The van der Waals surface area contributed by atoms with E-state index in [-0.39, 0.29) is 5.92 Å². The molecule has 0 aromatic carbocycles. The molecule has 0 saturated heterocycles. The van der Waals surface area contributed by atoms with E-state index in [2.05, 4.69) is 40.1 Å². The molecule has 4 heteroatoms. The van der Waals surface area contributed by atoms with E-state index in [1.54, 1.807) is 14.2 Å². The van der Waals surface area contributed by atoms with Gasteiger partial charge in [0.15, 0.2) is 0 Å². The predicted molar refractivity (Wildman–Crippen MR) is 69.5 cm³/mol. The summed E-state index contributed by atoms with van der Waals surface area (Å²) in [4.78, 5) is 0. The molecule has 0 aromatic rings. The first kappa shape index (κ1) is 15.1. The third-order valence-electron chi connectivity index (χ3n) is 1.93. The molecule has 0 aliphatic heterocycles. The predicted octanol–water partition coefficient (Wildman–Crippen LogP) is 3.51. The fraction of sp³-hybridized carbons (Fsp3) is 0.667. The van der Waals surface area contributed by atoms with Crippen LogP contribution in [-0.2, 0) is 13.9 Å². The molecule has 0 N–H and O–H groups in total. The van der Waals surface area contributed by atoms with Gasteiger partial charge in [0.2, 0.25) is 8.32 Å². The van der Waals surface area contributed by atoms with Crippen molar-refractivity contribution in [3.63, 3.8) is 0 Å². The minimum Gasteiger partial charge on any atom is -0.519 e. The van der Waals surface area contributed by atoms with Gasteiger partial charge in [-0.05, 0) is 25.6 Å². The van der Waals surface area contributed by atoms with Gasteiger partial charge in [0.05, 0.1) is 19.8 Å². The molecule has 0 radical (unpaired) electrons. The molecule has 0 unspecified atom stereocenters. The van der Waals surface area contributed by atoms with Crippen molar-refractivity contribution in [2.24, 2.45) is 5.92 Å². The van der Waals surface area contributed by atoms with Crippen LogP contribution in [0.4, 0.5) is 0 Å². The van der Waals surface area contributed by atoms with Crippen molar-refractivity contribution in [2.75, 3.05) is 14.2 Å².